The van der Waals surface area contributed by atoms with Crippen molar-refractivity contribution in [3.63, 3.8) is 0 Å². The highest BCUT2D eigenvalue weighted by atomic mass is 16.3. The zero-order valence-corrected chi connectivity index (χ0v) is 12.7. The van der Waals surface area contributed by atoms with Crippen molar-refractivity contribution < 1.29 is 5.11 Å². The second kappa shape index (κ2) is 6.70. The lowest BCUT2D eigenvalue weighted by Crippen LogP contribution is -2.26. The molecule has 0 atom stereocenters. The Labute approximate surface area is 116 Å². The highest BCUT2D eigenvalue weighted by Crippen LogP contribution is 2.21. The zero-order chi connectivity index (χ0) is 14.5. The van der Waals surface area contributed by atoms with Gasteiger partial charge in [-0.2, -0.15) is 0 Å². The third-order valence-corrected chi connectivity index (χ3v) is 3.05. The van der Waals surface area contributed by atoms with Crippen molar-refractivity contribution in [2.75, 3.05) is 43.6 Å². The molecule has 0 saturated heterocycles. The Morgan fingerprint density at radius 3 is 2.05 bits per heavy atom. The Morgan fingerprint density at radius 2 is 1.58 bits per heavy atom. The van der Waals surface area contributed by atoms with E-state index in [1.807, 2.05) is 25.1 Å². The summed E-state index contributed by atoms with van der Waals surface area (Å²) in [4.78, 5) is 12.6. The Balaban J connectivity index is 2.70. The Bertz CT molecular complexity index is 389. The van der Waals surface area contributed by atoms with E-state index in [1.165, 1.54) is 0 Å². The van der Waals surface area contributed by atoms with Gasteiger partial charge in [0, 0.05) is 33.3 Å². The van der Waals surface area contributed by atoms with Crippen LogP contribution >= 0.6 is 0 Å². The molecule has 1 N–H and O–H groups in total. The smallest absolute Gasteiger partial charge is 0.133 e. The van der Waals surface area contributed by atoms with Crippen LogP contribution in [0.15, 0.2) is 12.4 Å². The maximum Gasteiger partial charge on any atom is 0.133 e. The van der Waals surface area contributed by atoms with Crippen LogP contribution in [0.2, 0.25) is 0 Å². The molecule has 0 saturated carbocycles. The normalized spacial score (nSPS) is 11.5. The van der Waals surface area contributed by atoms with Crippen molar-refractivity contribution in [3.8, 4) is 0 Å². The summed E-state index contributed by atoms with van der Waals surface area (Å²) in [6, 6.07) is 1.96. The molecule has 0 bridgehead atoms. The molecule has 0 fully saturated rings. The molecule has 1 heterocycles. The predicted octanol–water partition coefficient (Wildman–Crippen LogP) is 1.78. The number of aliphatic hydroxyl groups is 1. The first kappa shape index (κ1) is 15.7. The van der Waals surface area contributed by atoms with Gasteiger partial charge in [-0.05, 0) is 11.8 Å². The maximum atomic E-state index is 8.95. The van der Waals surface area contributed by atoms with Crippen LogP contribution in [0.4, 0.5) is 11.6 Å². The van der Waals surface area contributed by atoms with Gasteiger partial charge in [-0.15, -0.1) is 0 Å². The van der Waals surface area contributed by atoms with Crippen molar-refractivity contribution in [1.29, 1.82) is 0 Å². The van der Waals surface area contributed by atoms with Gasteiger partial charge in [-0.25, -0.2) is 9.97 Å². The summed E-state index contributed by atoms with van der Waals surface area (Å²) in [5, 5.41) is 8.95. The molecule has 0 aliphatic rings. The minimum Gasteiger partial charge on any atom is -0.395 e. The predicted molar refractivity (Wildman–Crippen MR) is 79.7 cm³/mol. The number of rotatable bonds is 6. The lowest BCUT2D eigenvalue weighted by molar-refractivity contribution is 0.304. The summed E-state index contributed by atoms with van der Waals surface area (Å²) in [5.41, 5.74) is 0.317. The third-order valence-electron chi connectivity index (χ3n) is 3.05. The van der Waals surface area contributed by atoms with E-state index in [2.05, 4.69) is 35.6 Å². The van der Waals surface area contributed by atoms with Crippen molar-refractivity contribution in [1.82, 2.24) is 9.97 Å². The molecular weight excluding hydrogens is 240 g/mol. The molecular formula is C14H26N4O. The van der Waals surface area contributed by atoms with E-state index < -0.39 is 0 Å². The number of nitrogens with zero attached hydrogens (tertiary/aromatic N) is 4. The second-order valence-electron chi connectivity index (χ2n) is 6.11. The number of hydrogen-bond acceptors (Lipinski definition) is 5. The highest BCUT2D eigenvalue weighted by Gasteiger charge is 2.13. The quantitative estimate of drug-likeness (QED) is 0.850. The molecule has 0 amide bonds. The molecule has 5 nitrogen and oxygen atoms in total. The van der Waals surface area contributed by atoms with E-state index in [-0.39, 0.29) is 6.61 Å². The highest BCUT2D eigenvalue weighted by molar-refractivity contribution is 5.49. The average Bonchev–Trinajstić information content (AvgIpc) is 2.35. The molecule has 1 aromatic heterocycles. The number of anilines is 2. The fourth-order valence-corrected chi connectivity index (χ4v) is 1.64. The van der Waals surface area contributed by atoms with Gasteiger partial charge >= 0.3 is 0 Å². The number of likely N-dealkylation sites (N-methyl/N-ethyl adjacent to an activating group) is 1. The third kappa shape index (κ3) is 5.42. The number of aromatic nitrogens is 2. The van der Waals surface area contributed by atoms with Gasteiger partial charge in [0.2, 0.25) is 0 Å². The minimum atomic E-state index is 0.121. The summed E-state index contributed by atoms with van der Waals surface area (Å²) < 4.78 is 0. The van der Waals surface area contributed by atoms with Gasteiger partial charge in [0.15, 0.2) is 0 Å². The molecule has 1 aromatic rings. The fourth-order valence-electron chi connectivity index (χ4n) is 1.64. The van der Waals surface area contributed by atoms with Crippen molar-refractivity contribution in [3.05, 3.63) is 12.4 Å². The van der Waals surface area contributed by atoms with Gasteiger partial charge in [-0.3, -0.25) is 0 Å². The molecule has 19 heavy (non-hydrogen) atoms. The van der Waals surface area contributed by atoms with Crippen LogP contribution in [0.5, 0.6) is 0 Å². The SMILES string of the molecule is CN(CCO)c1cc(N(C)CCC(C)(C)C)ncn1. The van der Waals surface area contributed by atoms with E-state index >= 15 is 0 Å². The van der Waals surface area contributed by atoms with Crippen molar-refractivity contribution in [2.24, 2.45) is 5.41 Å². The molecule has 108 valence electrons. The van der Waals surface area contributed by atoms with E-state index in [1.54, 1.807) is 6.33 Å². The molecule has 0 aromatic carbocycles. The monoisotopic (exact) mass is 266 g/mol. The van der Waals surface area contributed by atoms with Crippen LogP contribution in [-0.2, 0) is 0 Å². The van der Waals surface area contributed by atoms with Gasteiger partial charge in [0.1, 0.15) is 18.0 Å². The van der Waals surface area contributed by atoms with Gasteiger partial charge < -0.3 is 14.9 Å². The second-order valence-corrected chi connectivity index (χ2v) is 6.11. The fraction of sp³-hybridized carbons (Fsp3) is 0.714. The van der Waals surface area contributed by atoms with Gasteiger partial charge in [0.25, 0.3) is 0 Å². The van der Waals surface area contributed by atoms with Crippen LogP contribution in [0.25, 0.3) is 0 Å². The van der Waals surface area contributed by atoms with E-state index in [0.717, 1.165) is 24.6 Å². The summed E-state index contributed by atoms with van der Waals surface area (Å²) in [5.74, 6) is 1.75. The van der Waals surface area contributed by atoms with Crippen LogP contribution < -0.4 is 9.80 Å². The first-order valence-electron chi connectivity index (χ1n) is 6.68. The van der Waals surface area contributed by atoms with Crippen LogP contribution in [-0.4, -0.2) is 48.9 Å². The topological polar surface area (TPSA) is 52.5 Å². The number of aliphatic hydroxyl groups excluding tert-OH is 1. The summed E-state index contributed by atoms with van der Waals surface area (Å²) in [6.07, 6.45) is 2.68. The summed E-state index contributed by atoms with van der Waals surface area (Å²) >= 11 is 0. The molecule has 0 aliphatic carbocycles. The first-order chi connectivity index (χ1) is 8.83. The maximum absolute atomic E-state index is 8.95. The van der Waals surface area contributed by atoms with Gasteiger partial charge in [-0.1, -0.05) is 20.8 Å². The van der Waals surface area contributed by atoms with Crippen LogP contribution in [0.3, 0.4) is 0 Å². The standard InChI is InChI=1S/C14H26N4O/c1-14(2,3)6-7-17(4)12-10-13(16-11-15-12)18(5)8-9-19/h10-11,19H,6-9H2,1-5H3. The first-order valence-corrected chi connectivity index (χ1v) is 6.68. The number of hydrogen-bond donors (Lipinski definition) is 1. The summed E-state index contributed by atoms with van der Waals surface area (Å²) in [6.45, 7) is 8.37. The average molecular weight is 266 g/mol. The Kier molecular flexibility index (Phi) is 5.54. The van der Waals surface area contributed by atoms with E-state index in [0.29, 0.717) is 12.0 Å². The molecule has 0 aliphatic heterocycles. The summed E-state index contributed by atoms with van der Waals surface area (Å²) in [7, 11) is 3.96. The Hall–Kier alpha value is -1.36. The largest absolute Gasteiger partial charge is 0.395 e. The molecule has 1 rings (SSSR count). The van der Waals surface area contributed by atoms with Gasteiger partial charge in [0.05, 0.1) is 6.61 Å². The molecule has 0 radical (unpaired) electrons. The molecule has 5 heteroatoms. The lowest BCUT2D eigenvalue weighted by atomic mass is 9.92. The molecule has 0 unspecified atom stereocenters. The Morgan fingerprint density at radius 1 is 1.05 bits per heavy atom. The minimum absolute atomic E-state index is 0.121. The molecule has 0 spiro atoms. The van der Waals surface area contributed by atoms with Crippen molar-refractivity contribution in [2.45, 2.75) is 27.2 Å². The van der Waals surface area contributed by atoms with E-state index in [4.69, 9.17) is 5.11 Å². The van der Waals surface area contributed by atoms with Crippen molar-refractivity contribution >= 4 is 11.6 Å². The van der Waals surface area contributed by atoms with E-state index in [9.17, 15) is 0 Å². The van der Waals surface area contributed by atoms with Crippen LogP contribution in [0, 0.1) is 5.41 Å². The lowest BCUT2D eigenvalue weighted by Gasteiger charge is -2.25. The zero-order valence-electron chi connectivity index (χ0n) is 12.7. The van der Waals surface area contributed by atoms with Crippen LogP contribution in [0.1, 0.15) is 27.2 Å².